The van der Waals surface area contributed by atoms with E-state index in [2.05, 4.69) is 10.3 Å². The van der Waals surface area contributed by atoms with Crippen molar-refractivity contribution in [2.75, 3.05) is 13.2 Å². The van der Waals surface area contributed by atoms with E-state index in [0.717, 1.165) is 5.69 Å². The Kier molecular flexibility index (Phi) is 6.17. The summed E-state index contributed by atoms with van der Waals surface area (Å²) in [6, 6.07) is 8.33. The number of carbonyl (C=O) groups is 1. The van der Waals surface area contributed by atoms with Gasteiger partial charge in [0.05, 0.1) is 6.33 Å². The summed E-state index contributed by atoms with van der Waals surface area (Å²) in [6.07, 6.45) is 2.21. The average Bonchev–Trinajstić information content (AvgIpc) is 2.54. The molecule has 1 aromatic heterocycles. The van der Waals surface area contributed by atoms with Crippen LogP contribution in [0.25, 0.3) is 0 Å². The summed E-state index contributed by atoms with van der Waals surface area (Å²) in [6.45, 7) is 2.51. The second-order valence-electron chi connectivity index (χ2n) is 4.86. The zero-order chi connectivity index (χ0) is 16.7. The summed E-state index contributed by atoms with van der Waals surface area (Å²) in [4.78, 5) is 27.6. The van der Waals surface area contributed by atoms with E-state index in [9.17, 15) is 9.59 Å². The highest BCUT2D eigenvalue weighted by Crippen LogP contribution is 2.16. The molecule has 1 amide bonds. The predicted octanol–water partition coefficient (Wildman–Crippen LogP) is 1.65. The average molecular weight is 336 g/mol. The highest BCUT2D eigenvalue weighted by Gasteiger charge is 2.04. The number of halogens is 1. The van der Waals surface area contributed by atoms with E-state index in [1.165, 1.54) is 17.0 Å². The lowest BCUT2D eigenvalue weighted by molar-refractivity contribution is -0.123. The quantitative estimate of drug-likeness (QED) is 0.835. The third-order valence-corrected chi connectivity index (χ3v) is 3.37. The molecule has 23 heavy (non-hydrogen) atoms. The minimum atomic E-state index is -0.267. The van der Waals surface area contributed by atoms with Gasteiger partial charge in [-0.25, -0.2) is 4.98 Å². The van der Waals surface area contributed by atoms with Crippen LogP contribution in [-0.4, -0.2) is 28.6 Å². The van der Waals surface area contributed by atoms with Gasteiger partial charge in [0.1, 0.15) is 5.75 Å². The monoisotopic (exact) mass is 335 g/mol. The molecule has 1 heterocycles. The van der Waals surface area contributed by atoms with Crippen LogP contribution in [-0.2, 0) is 17.8 Å². The molecule has 1 aromatic carbocycles. The number of nitrogens with one attached hydrogen (secondary N) is 1. The van der Waals surface area contributed by atoms with Gasteiger partial charge in [-0.1, -0.05) is 24.6 Å². The Morgan fingerprint density at radius 1 is 1.39 bits per heavy atom. The lowest BCUT2D eigenvalue weighted by atomic mass is 10.3. The van der Waals surface area contributed by atoms with Crippen molar-refractivity contribution >= 4 is 17.5 Å². The van der Waals surface area contributed by atoms with E-state index >= 15 is 0 Å². The molecule has 7 heteroatoms. The number of amides is 1. The third kappa shape index (κ3) is 5.41. The van der Waals surface area contributed by atoms with Crippen LogP contribution in [0.3, 0.4) is 0 Å². The number of nitrogens with zero attached hydrogens (tertiary/aromatic N) is 2. The summed E-state index contributed by atoms with van der Waals surface area (Å²) in [7, 11) is 0. The Morgan fingerprint density at radius 2 is 2.22 bits per heavy atom. The molecule has 0 bridgehead atoms. The maximum atomic E-state index is 11.8. The largest absolute Gasteiger partial charge is 0.484 e. The van der Waals surface area contributed by atoms with Gasteiger partial charge in [0.15, 0.2) is 6.61 Å². The Balaban J connectivity index is 1.75. The van der Waals surface area contributed by atoms with Gasteiger partial charge in [-0.15, -0.1) is 0 Å². The molecule has 0 spiro atoms. The molecule has 0 radical (unpaired) electrons. The second kappa shape index (κ2) is 8.33. The Morgan fingerprint density at radius 3 is 2.91 bits per heavy atom. The van der Waals surface area contributed by atoms with E-state index in [1.807, 2.05) is 6.92 Å². The standard InChI is InChI=1S/C16H18ClN3O3/c1-2-13-9-16(22)20(11-19-13)7-6-18-15(21)10-23-14-5-3-4-12(17)8-14/h3-5,8-9,11H,2,6-7,10H2,1H3,(H,18,21). The van der Waals surface area contributed by atoms with Crippen molar-refractivity contribution in [2.45, 2.75) is 19.9 Å². The molecule has 0 aliphatic heterocycles. The first kappa shape index (κ1) is 17.0. The Bertz CT molecular complexity index is 731. The normalized spacial score (nSPS) is 10.3. The number of rotatable bonds is 7. The Labute approximate surface area is 139 Å². The van der Waals surface area contributed by atoms with Crippen molar-refractivity contribution in [3.05, 3.63) is 57.7 Å². The second-order valence-corrected chi connectivity index (χ2v) is 5.30. The predicted molar refractivity (Wildman–Crippen MR) is 87.8 cm³/mol. The summed E-state index contributed by atoms with van der Waals surface area (Å²) in [5, 5.41) is 3.23. The van der Waals surface area contributed by atoms with Crippen molar-refractivity contribution in [3.63, 3.8) is 0 Å². The van der Waals surface area contributed by atoms with Crippen LogP contribution >= 0.6 is 11.6 Å². The molecule has 0 aliphatic rings. The summed E-state index contributed by atoms with van der Waals surface area (Å²) >= 11 is 5.83. The molecule has 0 saturated carbocycles. The molecule has 0 atom stereocenters. The zero-order valence-corrected chi connectivity index (χ0v) is 13.5. The highest BCUT2D eigenvalue weighted by molar-refractivity contribution is 6.30. The maximum Gasteiger partial charge on any atom is 0.258 e. The van der Waals surface area contributed by atoms with Crippen molar-refractivity contribution in [3.8, 4) is 5.75 Å². The van der Waals surface area contributed by atoms with Crippen LogP contribution < -0.4 is 15.6 Å². The number of aryl methyl sites for hydroxylation is 1. The number of hydrogen-bond acceptors (Lipinski definition) is 4. The van der Waals surface area contributed by atoms with Crippen LogP contribution in [0.5, 0.6) is 5.75 Å². The fourth-order valence-corrected chi connectivity index (χ4v) is 2.08. The van der Waals surface area contributed by atoms with Gasteiger partial charge >= 0.3 is 0 Å². The van der Waals surface area contributed by atoms with Crippen molar-refractivity contribution in [1.29, 1.82) is 0 Å². The van der Waals surface area contributed by atoms with E-state index in [-0.39, 0.29) is 18.1 Å². The van der Waals surface area contributed by atoms with Crippen molar-refractivity contribution in [2.24, 2.45) is 0 Å². The maximum absolute atomic E-state index is 11.8. The van der Waals surface area contributed by atoms with E-state index in [0.29, 0.717) is 30.3 Å². The van der Waals surface area contributed by atoms with E-state index in [1.54, 1.807) is 24.3 Å². The number of benzene rings is 1. The molecule has 0 unspecified atom stereocenters. The summed E-state index contributed by atoms with van der Waals surface area (Å²) in [5.74, 6) is 0.263. The molecule has 2 rings (SSSR count). The van der Waals surface area contributed by atoms with E-state index < -0.39 is 0 Å². The molecule has 122 valence electrons. The number of hydrogen-bond donors (Lipinski definition) is 1. The molecule has 6 nitrogen and oxygen atoms in total. The molecule has 0 saturated heterocycles. The van der Waals surface area contributed by atoms with Gasteiger partial charge in [0.25, 0.3) is 11.5 Å². The molecular formula is C16H18ClN3O3. The lowest BCUT2D eigenvalue weighted by Gasteiger charge is -2.09. The molecular weight excluding hydrogens is 318 g/mol. The van der Waals surface area contributed by atoms with Gasteiger partial charge in [-0.3, -0.25) is 14.2 Å². The van der Waals surface area contributed by atoms with Gasteiger partial charge in [-0.2, -0.15) is 0 Å². The molecule has 2 aromatic rings. The minimum Gasteiger partial charge on any atom is -0.484 e. The Hall–Kier alpha value is -2.34. The molecule has 0 aliphatic carbocycles. The molecule has 1 N–H and O–H groups in total. The van der Waals surface area contributed by atoms with Crippen LogP contribution in [0.1, 0.15) is 12.6 Å². The topological polar surface area (TPSA) is 73.2 Å². The van der Waals surface area contributed by atoms with Crippen molar-refractivity contribution in [1.82, 2.24) is 14.9 Å². The number of aromatic nitrogens is 2. The summed E-state index contributed by atoms with van der Waals surface area (Å²) < 4.78 is 6.78. The van der Waals surface area contributed by atoms with Gasteiger partial charge < -0.3 is 10.1 Å². The first-order chi connectivity index (χ1) is 11.1. The van der Waals surface area contributed by atoms with Crippen LogP contribution in [0.4, 0.5) is 0 Å². The smallest absolute Gasteiger partial charge is 0.258 e. The molecule has 0 fully saturated rings. The minimum absolute atomic E-state index is 0.109. The number of carbonyl (C=O) groups excluding carboxylic acids is 1. The van der Waals surface area contributed by atoms with Crippen LogP contribution in [0.15, 0.2) is 41.5 Å². The fourth-order valence-electron chi connectivity index (χ4n) is 1.90. The van der Waals surface area contributed by atoms with Gasteiger partial charge in [0.2, 0.25) is 0 Å². The van der Waals surface area contributed by atoms with Crippen LogP contribution in [0.2, 0.25) is 5.02 Å². The van der Waals surface area contributed by atoms with Crippen molar-refractivity contribution < 1.29 is 9.53 Å². The first-order valence-corrected chi connectivity index (χ1v) is 7.66. The lowest BCUT2D eigenvalue weighted by Crippen LogP contribution is -2.33. The SMILES string of the molecule is CCc1cc(=O)n(CCNC(=O)COc2cccc(Cl)c2)cn1. The number of ether oxygens (including phenoxy) is 1. The van der Waals surface area contributed by atoms with Gasteiger partial charge in [-0.05, 0) is 24.6 Å². The summed E-state index contributed by atoms with van der Waals surface area (Å²) in [5.41, 5.74) is 0.631. The third-order valence-electron chi connectivity index (χ3n) is 3.14. The van der Waals surface area contributed by atoms with Crippen LogP contribution in [0, 0.1) is 0 Å². The fraction of sp³-hybridized carbons (Fsp3) is 0.312. The van der Waals surface area contributed by atoms with Gasteiger partial charge in [0, 0.05) is 29.9 Å². The highest BCUT2D eigenvalue weighted by atomic mass is 35.5. The zero-order valence-electron chi connectivity index (χ0n) is 12.8. The first-order valence-electron chi connectivity index (χ1n) is 7.29. The van der Waals surface area contributed by atoms with E-state index in [4.69, 9.17) is 16.3 Å².